The van der Waals surface area contributed by atoms with E-state index in [-0.39, 0.29) is 50.9 Å². The topological polar surface area (TPSA) is 237 Å². The molecular formula is C54H74Cl4N4O13. The Balaban J connectivity index is 0.00000119. The van der Waals surface area contributed by atoms with Crippen LogP contribution in [-0.4, -0.2) is 113 Å². The van der Waals surface area contributed by atoms with Crippen molar-refractivity contribution in [2.24, 2.45) is 0 Å². The van der Waals surface area contributed by atoms with Gasteiger partial charge in [-0.1, -0.05) is 54.9 Å². The largest absolute Gasteiger partial charge is 0.478 e. The Morgan fingerprint density at radius 1 is 0.507 bits per heavy atom. The van der Waals surface area contributed by atoms with Crippen molar-refractivity contribution >= 4 is 82.3 Å². The van der Waals surface area contributed by atoms with Crippen LogP contribution >= 0.6 is 46.4 Å². The van der Waals surface area contributed by atoms with Crippen molar-refractivity contribution in [3.63, 3.8) is 0 Å². The summed E-state index contributed by atoms with van der Waals surface area (Å²) in [5.41, 5.74) is -0.457. The van der Waals surface area contributed by atoms with E-state index < -0.39 is 46.5 Å². The number of alkyl halides is 2. The maximum absolute atomic E-state index is 12.4. The summed E-state index contributed by atoms with van der Waals surface area (Å²) >= 11 is 21.2. The lowest BCUT2D eigenvalue weighted by Crippen LogP contribution is -2.41. The molecular weight excluding hydrogens is 1050 g/mol. The second-order valence-corrected chi connectivity index (χ2v) is 20.3. The van der Waals surface area contributed by atoms with Gasteiger partial charge in [-0.3, -0.25) is 9.59 Å². The molecule has 0 fully saturated rings. The first-order valence-corrected chi connectivity index (χ1v) is 25.0. The van der Waals surface area contributed by atoms with Crippen LogP contribution in [0.25, 0.3) is 0 Å². The molecule has 0 radical (unpaired) electrons. The third kappa shape index (κ3) is 31.5. The summed E-state index contributed by atoms with van der Waals surface area (Å²) in [6, 6.07) is 27.8. The van der Waals surface area contributed by atoms with E-state index >= 15 is 0 Å². The number of esters is 1. The number of aliphatic carboxylic acids is 1. The van der Waals surface area contributed by atoms with Crippen LogP contribution in [0.5, 0.6) is 11.5 Å². The van der Waals surface area contributed by atoms with E-state index in [0.717, 1.165) is 11.1 Å². The average Bonchev–Trinajstić information content (AvgIpc) is 3.30. The summed E-state index contributed by atoms with van der Waals surface area (Å²) in [7, 11) is 0. The zero-order chi connectivity index (χ0) is 56.1. The van der Waals surface area contributed by atoms with Gasteiger partial charge in [0.2, 0.25) is 0 Å². The lowest BCUT2D eigenvalue weighted by Gasteiger charge is -2.24. The molecule has 0 bridgehead atoms. The van der Waals surface area contributed by atoms with E-state index in [1.807, 2.05) is 24.3 Å². The molecule has 0 aliphatic heterocycles. The van der Waals surface area contributed by atoms with Gasteiger partial charge in [0.25, 0.3) is 11.8 Å². The van der Waals surface area contributed by atoms with Crippen LogP contribution in [0, 0.1) is 0 Å². The number of ether oxygens (including phenoxy) is 5. The fourth-order valence-electron chi connectivity index (χ4n) is 5.43. The predicted octanol–water partition coefficient (Wildman–Crippen LogP) is 10.7. The van der Waals surface area contributed by atoms with E-state index in [1.165, 1.54) is 13.8 Å². The molecule has 416 valence electrons. The van der Waals surface area contributed by atoms with Crippen molar-refractivity contribution in [1.82, 2.24) is 21.3 Å². The van der Waals surface area contributed by atoms with E-state index in [4.69, 9.17) is 80.3 Å². The van der Waals surface area contributed by atoms with Crippen molar-refractivity contribution in [2.75, 3.05) is 44.7 Å². The molecule has 75 heavy (non-hydrogen) atoms. The molecule has 4 rings (SSSR count). The van der Waals surface area contributed by atoms with Gasteiger partial charge >= 0.3 is 24.1 Å². The van der Waals surface area contributed by atoms with Crippen molar-refractivity contribution in [1.29, 1.82) is 0 Å². The second-order valence-electron chi connectivity index (χ2n) is 18.7. The molecule has 0 atom stereocenters. The number of amides is 4. The Labute approximate surface area is 461 Å². The SMILES string of the molecule is C.CC(C)(C)OC(=O)NCCO.CC(C)(C)OC(=O)NCCOC(=O)C(C)(C)Oc1ccc(CCNC(=O)c2ccc(Cl)cc2)cc1.CC(C)(Oc1ccc(CCNC(=O)c2ccc(Cl)cc2)cc1)C(=O)O.ClCCl. The smallest absolute Gasteiger partial charge is 0.407 e. The fourth-order valence-corrected chi connectivity index (χ4v) is 5.68. The molecule has 0 aliphatic carbocycles. The molecule has 0 aromatic heterocycles. The Morgan fingerprint density at radius 2 is 0.853 bits per heavy atom. The lowest BCUT2D eigenvalue weighted by molar-refractivity contribution is -0.159. The molecule has 0 saturated heterocycles. The van der Waals surface area contributed by atoms with Crippen LogP contribution < -0.4 is 30.7 Å². The van der Waals surface area contributed by atoms with Gasteiger partial charge in [0, 0.05) is 40.8 Å². The summed E-state index contributed by atoms with van der Waals surface area (Å²) in [4.78, 5) is 70.0. The maximum atomic E-state index is 12.4. The summed E-state index contributed by atoms with van der Waals surface area (Å²) in [6.45, 7) is 18.1. The molecule has 17 nitrogen and oxygen atoms in total. The van der Waals surface area contributed by atoms with Crippen molar-refractivity contribution in [2.45, 2.75) is 112 Å². The molecule has 0 unspecified atom stereocenters. The van der Waals surface area contributed by atoms with Gasteiger partial charge in [0.1, 0.15) is 29.3 Å². The first kappa shape index (κ1) is 69.0. The zero-order valence-electron chi connectivity index (χ0n) is 43.5. The average molecular weight is 1130 g/mol. The number of aliphatic hydroxyl groups is 1. The fraction of sp³-hybridized carbons (Fsp3) is 0.444. The summed E-state index contributed by atoms with van der Waals surface area (Å²) < 4.78 is 26.5. The van der Waals surface area contributed by atoms with Gasteiger partial charge in [-0.15, -0.1) is 23.2 Å². The number of alkyl carbamates (subject to hydrolysis) is 2. The second kappa shape index (κ2) is 34.6. The summed E-state index contributed by atoms with van der Waals surface area (Å²) in [5.74, 6) is -0.906. The molecule has 0 aliphatic rings. The van der Waals surface area contributed by atoms with Crippen molar-refractivity contribution in [3.05, 3.63) is 129 Å². The Kier molecular flexibility index (Phi) is 31.8. The first-order chi connectivity index (χ1) is 34.5. The molecule has 21 heteroatoms. The van der Waals surface area contributed by atoms with Crippen LogP contribution in [0.1, 0.15) is 109 Å². The Bertz CT molecular complexity index is 2340. The molecule has 0 heterocycles. The number of benzene rings is 4. The van der Waals surface area contributed by atoms with Crippen molar-refractivity contribution in [3.8, 4) is 11.5 Å². The van der Waals surface area contributed by atoms with Crippen LogP contribution in [0.15, 0.2) is 97.1 Å². The Morgan fingerprint density at radius 3 is 1.19 bits per heavy atom. The number of carbonyl (C=O) groups is 6. The number of aliphatic hydroxyl groups excluding tert-OH is 1. The number of carboxylic acid groups (broad SMARTS) is 1. The number of rotatable bonds is 19. The molecule has 4 amide bonds. The van der Waals surface area contributed by atoms with Crippen LogP contribution in [0.4, 0.5) is 9.59 Å². The quantitative estimate of drug-likeness (QED) is 0.0222. The van der Waals surface area contributed by atoms with Crippen LogP contribution in [0.3, 0.4) is 0 Å². The monoisotopic (exact) mass is 1130 g/mol. The minimum absolute atomic E-state index is 0. The highest BCUT2D eigenvalue weighted by Gasteiger charge is 2.32. The standard InChI is InChI=1S/C26H33ClN2O6.C19H20ClNO4.C7H15NO3.CH2Cl2.CH4/c1-25(2,3)35-24(32)29-16-17-33-23(31)26(4,5)34-21-12-6-18(7-13-21)14-15-28-22(30)19-8-10-20(27)11-9-19;1-19(2,18(23)24)25-16-9-3-13(4-10-16)11-12-21-17(22)14-5-7-15(20)8-6-14;1-7(2,3)11-6(10)8-4-5-9;2-1-3;/h6-13H,14-17H2,1-5H3,(H,28,30)(H,29,32);3-10H,11-12H2,1-2H3,(H,21,22)(H,23,24);9H,4-5H2,1-3H3,(H,8,10);1H2;1H4. The van der Waals surface area contributed by atoms with Gasteiger partial charge in [0.15, 0.2) is 11.2 Å². The van der Waals surface area contributed by atoms with Gasteiger partial charge < -0.3 is 55.2 Å². The summed E-state index contributed by atoms with van der Waals surface area (Å²) in [5, 5.41) is 29.4. The number of nitrogens with one attached hydrogen (secondary N) is 4. The van der Waals surface area contributed by atoms with Gasteiger partial charge in [0.05, 0.1) is 18.5 Å². The Hall–Kier alpha value is -5.98. The minimum Gasteiger partial charge on any atom is -0.478 e. The molecule has 0 saturated carbocycles. The normalized spacial score (nSPS) is 10.8. The molecule has 0 spiro atoms. The van der Waals surface area contributed by atoms with E-state index in [2.05, 4.69) is 21.3 Å². The zero-order valence-corrected chi connectivity index (χ0v) is 46.5. The number of hydrogen-bond acceptors (Lipinski definition) is 12. The molecule has 4 aromatic rings. The number of carboxylic acids is 1. The minimum atomic E-state index is -1.28. The highest BCUT2D eigenvalue weighted by Crippen LogP contribution is 2.22. The predicted molar refractivity (Wildman–Crippen MR) is 295 cm³/mol. The number of hydrogen-bond donors (Lipinski definition) is 6. The molecule has 4 aromatic carbocycles. The highest BCUT2D eigenvalue weighted by molar-refractivity contribution is 6.40. The van der Waals surface area contributed by atoms with Crippen LogP contribution in [0.2, 0.25) is 10.0 Å². The molecule has 6 N–H and O–H groups in total. The van der Waals surface area contributed by atoms with E-state index in [9.17, 15) is 28.8 Å². The van der Waals surface area contributed by atoms with Gasteiger partial charge in [-0.25, -0.2) is 19.2 Å². The third-order valence-electron chi connectivity index (χ3n) is 8.99. The van der Waals surface area contributed by atoms with Gasteiger partial charge in [-0.2, -0.15) is 0 Å². The lowest BCUT2D eigenvalue weighted by atomic mass is 10.1. The van der Waals surface area contributed by atoms with E-state index in [0.29, 0.717) is 58.6 Å². The first-order valence-electron chi connectivity index (χ1n) is 23.2. The number of halogens is 4. The third-order valence-corrected chi connectivity index (χ3v) is 9.50. The summed E-state index contributed by atoms with van der Waals surface area (Å²) in [6.07, 6.45) is 0.220. The van der Waals surface area contributed by atoms with Crippen molar-refractivity contribution < 1.29 is 62.7 Å². The van der Waals surface area contributed by atoms with Gasteiger partial charge in [-0.05, 0) is 166 Å². The number of carbonyl (C=O) groups excluding carboxylic acids is 5. The maximum Gasteiger partial charge on any atom is 0.407 e. The highest BCUT2D eigenvalue weighted by atomic mass is 35.5. The van der Waals surface area contributed by atoms with E-state index in [1.54, 1.807) is 128 Å². The van der Waals surface area contributed by atoms with Crippen LogP contribution in [-0.2, 0) is 36.6 Å².